The zero-order valence-corrected chi connectivity index (χ0v) is 16.3. The molecule has 1 saturated carbocycles. The summed E-state index contributed by atoms with van der Waals surface area (Å²) in [6.07, 6.45) is 6.93. The van der Waals surface area contributed by atoms with E-state index in [9.17, 15) is 4.79 Å². The summed E-state index contributed by atoms with van der Waals surface area (Å²) in [6.45, 7) is 3.51. The summed E-state index contributed by atoms with van der Waals surface area (Å²) in [5.74, 6) is 1.30. The first-order chi connectivity index (χ1) is 13.2. The molecule has 4 rings (SSSR count). The van der Waals surface area contributed by atoms with E-state index in [1.165, 1.54) is 17.4 Å². The fourth-order valence-corrected chi connectivity index (χ4v) is 4.54. The van der Waals surface area contributed by atoms with Crippen LogP contribution in [0.25, 0.3) is 10.2 Å². The summed E-state index contributed by atoms with van der Waals surface area (Å²) < 4.78 is 1.06. The number of nitrogens with zero attached hydrogens (tertiary/aromatic N) is 3. The van der Waals surface area contributed by atoms with E-state index in [4.69, 9.17) is 0 Å². The Kier molecular flexibility index (Phi) is 5.30. The Morgan fingerprint density at radius 2 is 1.96 bits per heavy atom. The molecule has 140 valence electrons. The van der Waals surface area contributed by atoms with Crippen molar-refractivity contribution in [1.29, 1.82) is 0 Å². The van der Waals surface area contributed by atoms with Crippen LogP contribution in [0.5, 0.6) is 0 Å². The van der Waals surface area contributed by atoms with Crippen LogP contribution in [0.15, 0.2) is 35.7 Å². The fourth-order valence-electron chi connectivity index (χ4n) is 3.23. The first-order valence-corrected chi connectivity index (χ1v) is 10.6. The molecule has 0 radical (unpaired) electrons. The molecule has 0 saturated heterocycles. The molecule has 1 amide bonds. The molecule has 0 aromatic carbocycles. The number of thiophene rings is 1. The monoisotopic (exact) mass is 400 g/mol. The Morgan fingerprint density at radius 3 is 2.70 bits per heavy atom. The van der Waals surface area contributed by atoms with E-state index >= 15 is 0 Å². The third-order valence-electron chi connectivity index (χ3n) is 4.55. The number of anilines is 3. The second-order valence-electron chi connectivity index (χ2n) is 6.40. The molecule has 7 nitrogen and oxygen atoms in total. The molecule has 3 aromatic heterocycles. The van der Waals surface area contributed by atoms with Gasteiger partial charge in [-0.15, -0.1) is 22.7 Å². The fraction of sp³-hybridized carbons (Fsp3) is 0.333. The maximum Gasteiger partial charge on any atom is 0.243 e. The number of aromatic nitrogens is 3. The van der Waals surface area contributed by atoms with Crippen molar-refractivity contribution in [2.24, 2.45) is 0 Å². The molecule has 9 heteroatoms. The molecule has 3 heterocycles. The van der Waals surface area contributed by atoms with E-state index in [1.807, 2.05) is 16.8 Å². The number of carbonyl (C=O) groups is 1. The van der Waals surface area contributed by atoms with Crippen molar-refractivity contribution >= 4 is 55.7 Å². The molecular weight excluding hydrogens is 380 g/mol. The standard InChI is InChI=1S/C18H20N6OS2/c1-2-14(25)20-11-3-5-12(6-4-11)21-16-15-13(7-9-26-15)22-17(23-16)24-18-19-8-10-27-18/h2,7-12H,1,3-6H2,(H,20,25)(H2,19,21,22,23,24)/t11-,12+. The van der Waals surface area contributed by atoms with Gasteiger partial charge in [0.15, 0.2) is 5.13 Å². The predicted octanol–water partition coefficient (Wildman–Crippen LogP) is 3.92. The molecule has 3 aromatic rings. The Hall–Kier alpha value is -2.52. The molecule has 0 unspecified atom stereocenters. The van der Waals surface area contributed by atoms with E-state index in [0.717, 1.165) is 46.8 Å². The van der Waals surface area contributed by atoms with Crippen LogP contribution >= 0.6 is 22.7 Å². The lowest BCUT2D eigenvalue weighted by Gasteiger charge is -2.29. The summed E-state index contributed by atoms with van der Waals surface area (Å²) >= 11 is 3.15. The summed E-state index contributed by atoms with van der Waals surface area (Å²) in [4.78, 5) is 25.0. The first kappa shape index (κ1) is 17.9. The van der Waals surface area contributed by atoms with Gasteiger partial charge in [0.25, 0.3) is 0 Å². The highest BCUT2D eigenvalue weighted by molar-refractivity contribution is 7.17. The van der Waals surface area contributed by atoms with Gasteiger partial charge in [-0.25, -0.2) is 9.97 Å². The second kappa shape index (κ2) is 8.01. The minimum absolute atomic E-state index is 0.0968. The highest BCUT2D eigenvalue weighted by Gasteiger charge is 2.23. The lowest BCUT2D eigenvalue weighted by molar-refractivity contribution is -0.117. The smallest absolute Gasteiger partial charge is 0.243 e. The van der Waals surface area contributed by atoms with Crippen molar-refractivity contribution in [3.05, 3.63) is 35.7 Å². The molecular formula is C18H20N6OS2. The van der Waals surface area contributed by atoms with Gasteiger partial charge >= 0.3 is 0 Å². The van der Waals surface area contributed by atoms with Crippen molar-refractivity contribution < 1.29 is 4.79 Å². The number of thiazole rings is 1. The van der Waals surface area contributed by atoms with Gasteiger partial charge in [0.1, 0.15) is 5.82 Å². The number of amides is 1. The van der Waals surface area contributed by atoms with Crippen LogP contribution in [-0.4, -0.2) is 32.9 Å². The largest absolute Gasteiger partial charge is 0.366 e. The first-order valence-electron chi connectivity index (χ1n) is 8.82. The molecule has 0 atom stereocenters. The van der Waals surface area contributed by atoms with E-state index in [-0.39, 0.29) is 11.9 Å². The third kappa shape index (κ3) is 4.25. The number of rotatable bonds is 6. The lowest BCUT2D eigenvalue weighted by Crippen LogP contribution is -2.39. The van der Waals surface area contributed by atoms with Crippen LogP contribution in [0.1, 0.15) is 25.7 Å². The molecule has 1 aliphatic rings. The molecule has 0 aliphatic heterocycles. The van der Waals surface area contributed by atoms with Crippen molar-refractivity contribution in [1.82, 2.24) is 20.3 Å². The lowest BCUT2D eigenvalue weighted by atomic mass is 9.91. The van der Waals surface area contributed by atoms with Gasteiger partial charge in [0.2, 0.25) is 11.9 Å². The van der Waals surface area contributed by atoms with Crippen molar-refractivity contribution in [3.63, 3.8) is 0 Å². The maximum absolute atomic E-state index is 11.5. The average Bonchev–Trinajstić information content (AvgIpc) is 3.35. The third-order valence-corrected chi connectivity index (χ3v) is 6.15. The molecule has 0 spiro atoms. The number of hydrogen-bond acceptors (Lipinski definition) is 8. The van der Waals surface area contributed by atoms with Gasteiger partial charge < -0.3 is 10.6 Å². The normalized spacial score (nSPS) is 19.6. The van der Waals surface area contributed by atoms with E-state index in [1.54, 1.807) is 17.5 Å². The van der Waals surface area contributed by atoms with Crippen LogP contribution in [0.4, 0.5) is 16.9 Å². The van der Waals surface area contributed by atoms with Gasteiger partial charge in [-0.1, -0.05) is 6.58 Å². The van der Waals surface area contributed by atoms with Crippen molar-refractivity contribution in [2.45, 2.75) is 37.8 Å². The summed E-state index contributed by atoms with van der Waals surface area (Å²) in [7, 11) is 0. The average molecular weight is 401 g/mol. The van der Waals surface area contributed by atoms with Gasteiger partial charge in [-0.3, -0.25) is 10.1 Å². The Balaban J connectivity index is 1.46. The highest BCUT2D eigenvalue weighted by atomic mass is 32.1. The van der Waals surface area contributed by atoms with Gasteiger partial charge in [0, 0.05) is 23.7 Å². The minimum Gasteiger partial charge on any atom is -0.366 e. The van der Waals surface area contributed by atoms with Crippen LogP contribution < -0.4 is 16.0 Å². The van der Waals surface area contributed by atoms with Crippen molar-refractivity contribution in [3.8, 4) is 0 Å². The zero-order chi connectivity index (χ0) is 18.6. The summed E-state index contributed by atoms with van der Waals surface area (Å²) in [5.41, 5.74) is 0.920. The molecule has 0 bridgehead atoms. The number of nitrogens with one attached hydrogen (secondary N) is 3. The van der Waals surface area contributed by atoms with Crippen LogP contribution in [0.2, 0.25) is 0 Å². The molecule has 27 heavy (non-hydrogen) atoms. The minimum atomic E-state index is -0.0968. The Bertz CT molecular complexity index is 931. The molecule has 3 N–H and O–H groups in total. The predicted molar refractivity (Wildman–Crippen MR) is 111 cm³/mol. The number of hydrogen-bond donors (Lipinski definition) is 3. The van der Waals surface area contributed by atoms with E-state index in [2.05, 4.69) is 37.5 Å². The second-order valence-corrected chi connectivity index (χ2v) is 8.21. The van der Waals surface area contributed by atoms with Gasteiger partial charge in [-0.2, -0.15) is 4.98 Å². The van der Waals surface area contributed by atoms with Crippen molar-refractivity contribution in [2.75, 3.05) is 10.6 Å². The van der Waals surface area contributed by atoms with Gasteiger partial charge in [-0.05, 0) is 43.2 Å². The number of carbonyl (C=O) groups excluding carboxylic acids is 1. The Morgan fingerprint density at radius 1 is 1.15 bits per heavy atom. The summed E-state index contributed by atoms with van der Waals surface area (Å²) in [5, 5.41) is 14.5. The summed E-state index contributed by atoms with van der Waals surface area (Å²) in [6, 6.07) is 2.55. The highest BCUT2D eigenvalue weighted by Crippen LogP contribution is 2.31. The molecule has 1 fully saturated rings. The van der Waals surface area contributed by atoms with Crippen LogP contribution in [0.3, 0.4) is 0 Å². The van der Waals surface area contributed by atoms with Crippen LogP contribution in [-0.2, 0) is 4.79 Å². The zero-order valence-electron chi connectivity index (χ0n) is 14.6. The Labute approximate surface area is 165 Å². The van der Waals surface area contributed by atoms with Crippen LogP contribution in [0, 0.1) is 0 Å². The van der Waals surface area contributed by atoms with E-state index in [0.29, 0.717) is 12.0 Å². The quantitative estimate of drug-likeness (QED) is 0.543. The topological polar surface area (TPSA) is 91.8 Å². The van der Waals surface area contributed by atoms with E-state index < -0.39 is 0 Å². The SMILES string of the molecule is C=CC(=O)N[C@H]1CC[C@@H](Nc2nc(Nc3nccs3)nc3ccsc23)CC1. The van der Waals surface area contributed by atoms with Gasteiger partial charge in [0.05, 0.1) is 10.2 Å². The number of fused-ring (bicyclic) bond motifs is 1. The maximum atomic E-state index is 11.5. The molecule has 1 aliphatic carbocycles.